The summed E-state index contributed by atoms with van der Waals surface area (Å²) in [6.45, 7) is 2.04. The molecule has 0 bridgehead atoms. The zero-order chi connectivity index (χ0) is 18.5. The molecule has 3 aromatic rings. The first-order chi connectivity index (χ1) is 12.6. The molecule has 26 heavy (non-hydrogen) atoms. The molecule has 0 spiro atoms. The molecule has 2 aromatic carbocycles. The Labute approximate surface area is 162 Å². The number of rotatable bonds is 6. The molecule has 6 heteroatoms. The lowest BCUT2D eigenvalue weighted by atomic mass is 10.0. The lowest BCUT2D eigenvalue weighted by Gasteiger charge is -2.14. The van der Waals surface area contributed by atoms with E-state index in [9.17, 15) is 5.11 Å². The number of halogens is 1. The Kier molecular flexibility index (Phi) is 6.14. The van der Waals surface area contributed by atoms with Crippen LogP contribution in [0.3, 0.4) is 0 Å². The van der Waals surface area contributed by atoms with Gasteiger partial charge in [0.2, 0.25) is 0 Å². The van der Waals surface area contributed by atoms with Crippen LogP contribution in [-0.2, 0) is 6.42 Å². The number of aliphatic hydroxyl groups excluding tert-OH is 1. The maximum atomic E-state index is 10.3. The van der Waals surface area contributed by atoms with Gasteiger partial charge in [0.25, 0.3) is 0 Å². The van der Waals surface area contributed by atoms with Gasteiger partial charge in [-0.15, -0.1) is 0 Å². The van der Waals surface area contributed by atoms with E-state index < -0.39 is 6.10 Å². The van der Waals surface area contributed by atoms with Crippen molar-refractivity contribution in [3.05, 3.63) is 70.9 Å². The van der Waals surface area contributed by atoms with Crippen LogP contribution < -0.4 is 5.73 Å². The second-order valence-corrected chi connectivity index (χ2v) is 7.23. The number of anilines is 1. The molecule has 3 rings (SSSR count). The van der Waals surface area contributed by atoms with Gasteiger partial charge in [-0.1, -0.05) is 72.8 Å². The molecule has 0 aliphatic heterocycles. The summed E-state index contributed by atoms with van der Waals surface area (Å²) in [4.78, 5) is 9.08. The van der Waals surface area contributed by atoms with E-state index in [0.717, 1.165) is 28.8 Å². The average molecular weight is 386 g/mol. The Balaban J connectivity index is 1.81. The van der Waals surface area contributed by atoms with Gasteiger partial charge in [0.1, 0.15) is 5.82 Å². The zero-order valence-corrected chi connectivity index (χ0v) is 16.0. The molecule has 1 aromatic heterocycles. The molecular weight excluding hydrogens is 366 g/mol. The van der Waals surface area contributed by atoms with Crippen molar-refractivity contribution in [3.63, 3.8) is 0 Å². The third-order valence-electron chi connectivity index (χ3n) is 4.01. The molecule has 1 unspecified atom stereocenters. The summed E-state index contributed by atoms with van der Waals surface area (Å²) in [6, 6.07) is 17.1. The minimum absolute atomic E-state index is 0.441. The Morgan fingerprint density at radius 1 is 1.08 bits per heavy atom. The van der Waals surface area contributed by atoms with Crippen LogP contribution >= 0.6 is 23.4 Å². The molecule has 0 radical (unpaired) electrons. The molecule has 1 heterocycles. The van der Waals surface area contributed by atoms with Crippen LogP contribution in [0.5, 0.6) is 0 Å². The average Bonchev–Trinajstić information content (AvgIpc) is 2.67. The molecule has 0 saturated carbocycles. The minimum Gasteiger partial charge on any atom is -0.388 e. The van der Waals surface area contributed by atoms with Gasteiger partial charge in [-0.25, -0.2) is 9.97 Å². The van der Waals surface area contributed by atoms with E-state index in [1.165, 1.54) is 11.8 Å². The topological polar surface area (TPSA) is 72.0 Å². The summed E-state index contributed by atoms with van der Waals surface area (Å²) in [5, 5.41) is 11.6. The predicted molar refractivity (Wildman–Crippen MR) is 108 cm³/mol. The van der Waals surface area contributed by atoms with E-state index in [0.29, 0.717) is 21.7 Å². The van der Waals surface area contributed by atoms with Crippen molar-refractivity contribution in [2.45, 2.75) is 24.6 Å². The van der Waals surface area contributed by atoms with Crippen molar-refractivity contribution in [1.29, 1.82) is 0 Å². The normalized spacial score (nSPS) is 12.1. The van der Waals surface area contributed by atoms with Gasteiger partial charge in [0.15, 0.2) is 5.16 Å². The van der Waals surface area contributed by atoms with Gasteiger partial charge < -0.3 is 10.8 Å². The first-order valence-corrected chi connectivity index (χ1v) is 9.73. The highest BCUT2D eigenvalue weighted by atomic mass is 35.5. The fourth-order valence-electron chi connectivity index (χ4n) is 2.68. The van der Waals surface area contributed by atoms with Crippen molar-refractivity contribution in [1.82, 2.24) is 9.97 Å². The predicted octanol–water partition coefficient (Wildman–Crippen LogP) is 4.77. The van der Waals surface area contributed by atoms with E-state index in [2.05, 4.69) is 9.97 Å². The Morgan fingerprint density at radius 3 is 2.42 bits per heavy atom. The third-order valence-corrected chi connectivity index (χ3v) is 5.19. The van der Waals surface area contributed by atoms with Gasteiger partial charge in [-0.3, -0.25) is 0 Å². The number of nitrogen functional groups attached to an aromatic ring is 1. The van der Waals surface area contributed by atoms with Gasteiger partial charge in [0.05, 0.1) is 11.8 Å². The molecular formula is C20H20ClN3OS. The Morgan fingerprint density at radius 2 is 1.77 bits per heavy atom. The van der Waals surface area contributed by atoms with E-state index in [-0.39, 0.29) is 0 Å². The summed E-state index contributed by atoms with van der Waals surface area (Å²) < 4.78 is 0. The molecule has 3 N–H and O–H groups in total. The Hall–Kier alpha value is -2.08. The standard InChI is InChI=1S/C20H20ClN3OS/c1-2-16-18(14-8-10-15(21)11-9-14)19(22)24-20(23-16)26-12-17(25)13-6-4-3-5-7-13/h3-11,17,25H,2,12H2,1H3,(H2,22,23,24). The quantitative estimate of drug-likeness (QED) is 0.472. The third kappa shape index (κ3) is 4.36. The molecule has 0 saturated heterocycles. The number of benzene rings is 2. The molecule has 1 atom stereocenters. The molecule has 4 nitrogen and oxygen atoms in total. The Bertz CT molecular complexity index is 872. The second-order valence-electron chi connectivity index (χ2n) is 5.81. The second kappa shape index (κ2) is 8.54. The van der Waals surface area contributed by atoms with Gasteiger partial charge in [0, 0.05) is 16.3 Å². The number of aromatic nitrogens is 2. The van der Waals surface area contributed by atoms with Gasteiger partial charge in [-0.2, -0.15) is 0 Å². The minimum atomic E-state index is -0.577. The summed E-state index contributed by atoms with van der Waals surface area (Å²) in [6.07, 6.45) is 0.159. The van der Waals surface area contributed by atoms with E-state index in [4.69, 9.17) is 17.3 Å². The van der Waals surface area contributed by atoms with Crippen LogP contribution in [0.25, 0.3) is 11.1 Å². The highest BCUT2D eigenvalue weighted by molar-refractivity contribution is 7.99. The number of nitrogens with two attached hydrogens (primary N) is 1. The summed E-state index contributed by atoms with van der Waals surface area (Å²) >= 11 is 7.37. The number of nitrogens with zero attached hydrogens (tertiary/aromatic N) is 2. The van der Waals surface area contributed by atoms with Crippen molar-refractivity contribution in [2.24, 2.45) is 0 Å². The van der Waals surface area contributed by atoms with Crippen LogP contribution in [-0.4, -0.2) is 20.8 Å². The summed E-state index contributed by atoms with van der Waals surface area (Å²) in [5.74, 6) is 0.906. The van der Waals surface area contributed by atoms with Crippen molar-refractivity contribution < 1.29 is 5.11 Å². The molecule has 0 aliphatic rings. The summed E-state index contributed by atoms with van der Waals surface area (Å²) in [7, 11) is 0. The lowest BCUT2D eigenvalue weighted by molar-refractivity contribution is 0.204. The van der Waals surface area contributed by atoms with Gasteiger partial charge >= 0.3 is 0 Å². The molecule has 0 aliphatic carbocycles. The van der Waals surface area contributed by atoms with Gasteiger partial charge in [-0.05, 0) is 29.7 Å². The van der Waals surface area contributed by atoms with Crippen LogP contribution in [0.2, 0.25) is 5.02 Å². The number of aliphatic hydroxyl groups is 1. The van der Waals surface area contributed by atoms with Crippen LogP contribution in [0, 0.1) is 0 Å². The maximum absolute atomic E-state index is 10.3. The van der Waals surface area contributed by atoms with E-state index in [1.807, 2.05) is 61.5 Å². The number of thioether (sulfide) groups is 1. The van der Waals surface area contributed by atoms with Crippen LogP contribution in [0.4, 0.5) is 5.82 Å². The monoisotopic (exact) mass is 385 g/mol. The number of hydrogen-bond acceptors (Lipinski definition) is 5. The largest absolute Gasteiger partial charge is 0.388 e. The molecule has 0 fully saturated rings. The fourth-order valence-corrected chi connectivity index (χ4v) is 3.64. The van der Waals surface area contributed by atoms with E-state index >= 15 is 0 Å². The van der Waals surface area contributed by atoms with Crippen molar-refractivity contribution in [2.75, 3.05) is 11.5 Å². The molecule has 0 amide bonds. The van der Waals surface area contributed by atoms with E-state index in [1.54, 1.807) is 0 Å². The highest BCUT2D eigenvalue weighted by Crippen LogP contribution is 2.32. The zero-order valence-electron chi connectivity index (χ0n) is 14.4. The number of aryl methyl sites for hydroxylation is 1. The van der Waals surface area contributed by atoms with Crippen molar-refractivity contribution >= 4 is 29.2 Å². The smallest absolute Gasteiger partial charge is 0.189 e. The first kappa shape index (κ1) is 18.7. The number of hydrogen-bond donors (Lipinski definition) is 2. The summed E-state index contributed by atoms with van der Waals surface area (Å²) in [5.41, 5.74) is 9.78. The maximum Gasteiger partial charge on any atom is 0.189 e. The lowest BCUT2D eigenvalue weighted by Crippen LogP contribution is -2.06. The van der Waals surface area contributed by atoms with Crippen LogP contribution in [0.15, 0.2) is 59.8 Å². The first-order valence-electron chi connectivity index (χ1n) is 8.36. The van der Waals surface area contributed by atoms with Crippen LogP contribution in [0.1, 0.15) is 24.3 Å². The SMILES string of the molecule is CCc1nc(SCC(O)c2ccccc2)nc(N)c1-c1ccc(Cl)cc1. The fraction of sp³-hybridized carbons (Fsp3) is 0.200. The highest BCUT2D eigenvalue weighted by Gasteiger charge is 2.15. The molecule has 134 valence electrons. The van der Waals surface area contributed by atoms with Crippen molar-refractivity contribution in [3.8, 4) is 11.1 Å².